The summed E-state index contributed by atoms with van der Waals surface area (Å²) in [6, 6.07) is 9.90. The van der Waals surface area contributed by atoms with Crippen LogP contribution in [0.5, 0.6) is 0 Å². The first-order valence-electron chi connectivity index (χ1n) is 7.81. The van der Waals surface area contributed by atoms with E-state index in [1.165, 1.54) is 32.1 Å². The molecule has 0 saturated heterocycles. The third-order valence-corrected chi connectivity index (χ3v) is 4.55. The highest BCUT2D eigenvalue weighted by Gasteiger charge is 2.34. The summed E-state index contributed by atoms with van der Waals surface area (Å²) in [6.07, 6.45) is 9.66. The Bertz CT molecular complexity index is 479. The van der Waals surface area contributed by atoms with E-state index in [1.807, 2.05) is 36.4 Å². The Balaban J connectivity index is 0.00000242. The quantitative estimate of drug-likeness (QED) is 0.841. The number of carbonyl (C=O) groups is 1. The van der Waals surface area contributed by atoms with Crippen LogP contribution in [0.25, 0.3) is 6.08 Å². The van der Waals surface area contributed by atoms with Crippen LogP contribution in [0.15, 0.2) is 36.4 Å². The Kier molecular flexibility index (Phi) is 7.63. The molecule has 0 aliphatic heterocycles. The Hall–Kier alpha value is -1.32. The third kappa shape index (κ3) is 5.15. The number of benzene rings is 1. The number of likely N-dealkylation sites (N-methyl/N-ethyl adjacent to an activating group) is 1. The summed E-state index contributed by atoms with van der Waals surface area (Å²) in [4.78, 5) is 14.3. The molecule has 4 heteroatoms. The molecule has 0 atom stereocenters. The monoisotopic (exact) mass is 322 g/mol. The van der Waals surface area contributed by atoms with Crippen molar-refractivity contribution < 1.29 is 4.79 Å². The number of amides is 1. The first kappa shape index (κ1) is 18.7. The molecular formula is C18H27ClN2O. The van der Waals surface area contributed by atoms with E-state index in [0.29, 0.717) is 0 Å². The minimum absolute atomic E-state index is 0. The van der Waals surface area contributed by atoms with E-state index in [4.69, 9.17) is 0 Å². The standard InChI is InChI=1S/C18H26N2O.ClH/c1-20(2)18(13-7-4-8-14-18)15-19-17(21)12-11-16-9-5-3-6-10-16;/h3,5-6,9-12H,4,7-8,13-15H2,1-2H3,(H,19,21);1H/b12-11+;. The van der Waals surface area contributed by atoms with Crippen molar-refractivity contribution in [2.75, 3.05) is 20.6 Å². The van der Waals surface area contributed by atoms with Gasteiger partial charge in [-0.15, -0.1) is 12.4 Å². The average Bonchev–Trinajstić information content (AvgIpc) is 2.52. The molecule has 1 aliphatic rings. The van der Waals surface area contributed by atoms with Gasteiger partial charge in [-0.3, -0.25) is 4.79 Å². The highest BCUT2D eigenvalue weighted by molar-refractivity contribution is 5.91. The van der Waals surface area contributed by atoms with Crippen LogP contribution < -0.4 is 5.32 Å². The van der Waals surface area contributed by atoms with Gasteiger partial charge < -0.3 is 10.2 Å². The van der Waals surface area contributed by atoms with Crippen LogP contribution >= 0.6 is 12.4 Å². The molecule has 1 N–H and O–H groups in total. The second-order valence-corrected chi connectivity index (χ2v) is 6.14. The van der Waals surface area contributed by atoms with Gasteiger partial charge in [0.15, 0.2) is 0 Å². The predicted octanol–water partition coefficient (Wildman–Crippen LogP) is 3.50. The molecule has 0 spiro atoms. The molecule has 1 fully saturated rings. The number of rotatable bonds is 5. The lowest BCUT2D eigenvalue weighted by Gasteiger charge is -2.43. The molecule has 0 bridgehead atoms. The number of carbonyl (C=O) groups excluding carboxylic acids is 1. The summed E-state index contributed by atoms with van der Waals surface area (Å²) in [6.45, 7) is 0.734. The molecule has 1 aromatic rings. The van der Waals surface area contributed by atoms with Crippen molar-refractivity contribution in [2.45, 2.75) is 37.6 Å². The van der Waals surface area contributed by atoms with Crippen molar-refractivity contribution in [3.8, 4) is 0 Å². The van der Waals surface area contributed by atoms with Crippen LogP contribution in [0.3, 0.4) is 0 Å². The first-order valence-corrected chi connectivity index (χ1v) is 7.81. The maximum absolute atomic E-state index is 12.0. The normalized spacial score (nSPS) is 17.2. The minimum atomic E-state index is -0.00866. The van der Waals surface area contributed by atoms with Gasteiger partial charge in [-0.25, -0.2) is 0 Å². The van der Waals surface area contributed by atoms with Gasteiger partial charge in [0.1, 0.15) is 0 Å². The van der Waals surface area contributed by atoms with E-state index in [9.17, 15) is 4.79 Å². The molecule has 3 nitrogen and oxygen atoms in total. The summed E-state index contributed by atoms with van der Waals surface area (Å²) >= 11 is 0. The fourth-order valence-corrected chi connectivity index (χ4v) is 3.04. The average molecular weight is 323 g/mol. The minimum Gasteiger partial charge on any atom is -0.351 e. The van der Waals surface area contributed by atoms with Gasteiger partial charge in [-0.05, 0) is 38.6 Å². The summed E-state index contributed by atoms with van der Waals surface area (Å²) in [7, 11) is 4.24. The summed E-state index contributed by atoms with van der Waals surface area (Å²) in [5.74, 6) is -0.00866. The molecule has 0 aromatic heterocycles. The number of halogens is 1. The zero-order valence-corrected chi connectivity index (χ0v) is 14.4. The Labute approximate surface area is 140 Å². The molecule has 0 heterocycles. The Morgan fingerprint density at radius 3 is 2.41 bits per heavy atom. The molecule has 0 radical (unpaired) electrons. The lowest BCUT2D eigenvalue weighted by atomic mass is 9.80. The number of nitrogens with one attached hydrogen (secondary N) is 1. The van der Waals surface area contributed by atoms with Gasteiger partial charge in [0.2, 0.25) is 5.91 Å². The molecule has 22 heavy (non-hydrogen) atoms. The van der Waals surface area contributed by atoms with E-state index >= 15 is 0 Å². The van der Waals surface area contributed by atoms with Crippen LogP contribution in [0.2, 0.25) is 0 Å². The second kappa shape index (κ2) is 8.96. The highest BCUT2D eigenvalue weighted by Crippen LogP contribution is 2.31. The zero-order valence-electron chi connectivity index (χ0n) is 13.5. The second-order valence-electron chi connectivity index (χ2n) is 6.14. The Morgan fingerprint density at radius 1 is 1.18 bits per heavy atom. The van der Waals surface area contributed by atoms with Crippen molar-refractivity contribution in [3.05, 3.63) is 42.0 Å². The third-order valence-electron chi connectivity index (χ3n) is 4.55. The maximum Gasteiger partial charge on any atom is 0.244 e. The smallest absolute Gasteiger partial charge is 0.244 e. The van der Waals surface area contributed by atoms with E-state index < -0.39 is 0 Å². The number of nitrogens with zero attached hydrogens (tertiary/aromatic N) is 1. The Morgan fingerprint density at radius 2 is 1.82 bits per heavy atom. The zero-order chi connectivity index (χ0) is 15.1. The van der Waals surface area contributed by atoms with Gasteiger partial charge >= 0.3 is 0 Å². The fraction of sp³-hybridized carbons (Fsp3) is 0.500. The van der Waals surface area contributed by atoms with Crippen molar-refractivity contribution in [2.24, 2.45) is 0 Å². The summed E-state index contributed by atoms with van der Waals surface area (Å²) < 4.78 is 0. The van der Waals surface area contributed by atoms with E-state index in [-0.39, 0.29) is 23.9 Å². The van der Waals surface area contributed by atoms with Crippen molar-refractivity contribution in [1.29, 1.82) is 0 Å². The lowest BCUT2D eigenvalue weighted by Crippen LogP contribution is -2.53. The molecule has 122 valence electrons. The predicted molar refractivity (Wildman–Crippen MR) is 95.2 cm³/mol. The van der Waals surface area contributed by atoms with Crippen LogP contribution in [0, 0.1) is 0 Å². The number of hydrogen-bond donors (Lipinski definition) is 1. The van der Waals surface area contributed by atoms with Gasteiger partial charge in [-0.2, -0.15) is 0 Å². The van der Waals surface area contributed by atoms with E-state index in [2.05, 4.69) is 24.3 Å². The molecule has 1 saturated carbocycles. The fourth-order valence-electron chi connectivity index (χ4n) is 3.04. The molecule has 0 unspecified atom stereocenters. The first-order chi connectivity index (χ1) is 10.1. The van der Waals surface area contributed by atoms with Crippen LogP contribution in [-0.2, 0) is 4.79 Å². The van der Waals surface area contributed by atoms with Gasteiger partial charge in [0.25, 0.3) is 0 Å². The van der Waals surface area contributed by atoms with Gasteiger partial charge in [0.05, 0.1) is 0 Å². The lowest BCUT2D eigenvalue weighted by molar-refractivity contribution is -0.117. The molecule has 2 rings (SSSR count). The van der Waals surface area contributed by atoms with Crippen molar-refractivity contribution >= 4 is 24.4 Å². The molecule has 1 aliphatic carbocycles. The van der Waals surface area contributed by atoms with Crippen LogP contribution in [-0.4, -0.2) is 37.0 Å². The molecule has 1 aromatic carbocycles. The van der Waals surface area contributed by atoms with Crippen molar-refractivity contribution in [1.82, 2.24) is 10.2 Å². The van der Waals surface area contributed by atoms with E-state index in [0.717, 1.165) is 12.1 Å². The van der Waals surface area contributed by atoms with E-state index in [1.54, 1.807) is 6.08 Å². The molecular weight excluding hydrogens is 296 g/mol. The van der Waals surface area contributed by atoms with Crippen LogP contribution in [0.4, 0.5) is 0 Å². The maximum atomic E-state index is 12.0. The summed E-state index contributed by atoms with van der Waals surface area (Å²) in [5.41, 5.74) is 1.18. The van der Waals surface area contributed by atoms with Crippen molar-refractivity contribution in [3.63, 3.8) is 0 Å². The number of hydrogen-bond acceptors (Lipinski definition) is 2. The summed E-state index contributed by atoms with van der Waals surface area (Å²) in [5, 5.41) is 3.08. The molecule has 1 amide bonds. The SMILES string of the molecule is CN(C)C1(CNC(=O)/C=C/c2ccccc2)CCCCC1.Cl. The topological polar surface area (TPSA) is 32.3 Å². The van der Waals surface area contributed by atoms with Crippen LogP contribution in [0.1, 0.15) is 37.7 Å². The van der Waals surface area contributed by atoms with Gasteiger partial charge in [-0.1, -0.05) is 49.6 Å². The van der Waals surface area contributed by atoms with Gasteiger partial charge in [0, 0.05) is 18.2 Å². The highest BCUT2D eigenvalue weighted by atomic mass is 35.5. The largest absolute Gasteiger partial charge is 0.351 e.